The Hall–Kier alpha value is -1.26. The number of ether oxygens (including phenoxy) is 1. The molecule has 0 N–H and O–H groups in total. The van der Waals surface area contributed by atoms with Crippen LogP contribution in [0.25, 0.3) is 0 Å². The highest BCUT2D eigenvalue weighted by molar-refractivity contribution is 5.83. The van der Waals surface area contributed by atoms with Crippen molar-refractivity contribution in [3.05, 3.63) is 0 Å². The Labute approximate surface area is 90.0 Å². The fraction of sp³-hybridized carbons (Fsp3) is 0.800. The van der Waals surface area contributed by atoms with Crippen LogP contribution in [-0.4, -0.2) is 54.1 Å². The molecular formula is C10H18N2O3. The largest absolute Gasteiger partial charge is 0.450 e. The van der Waals surface area contributed by atoms with E-state index in [1.165, 1.54) is 4.90 Å². The number of hydrogen-bond acceptors (Lipinski definition) is 3. The van der Waals surface area contributed by atoms with Gasteiger partial charge in [0.05, 0.1) is 6.61 Å². The zero-order chi connectivity index (χ0) is 11.4. The lowest BCUT2D eigenvalue weighted by molar-refractivity contribution is -0.137. The molecule has 5 heteroatoms. The van der Waals surface area contributed by atoms with Gasteiger partial charge in [-0.1, -0.05) is 0 Å². The summed E-state index contributed by atoms with van der Waals surface area (Å²) in [5.41, 5.74) is 0. The minimum Gasteiger partial charge on any atom is -0.450 e. The van der Waals surface area contributed by atoms with Crippen LogP contribution in [0.2, 0.25) is 0 Å². The first-order valence-electron chi connectivity index (χ1n) is 5.27. The maximum atomic E-state index is 11.6. The van der Waals surface area contributed by atoms with Crippen LogP contribution in [0.5, 0.6) is 0 Å². The summed E-state index contributed by atoms with van der Waals surface area (Å²) in [6.45, 7) is 7.33. The Morgan fingerprint density at radius 1 is 1.47 bits per heavy atom. The average Bonchev–Trinajstić information content (AvgIpc) is 2.17. The van der Waals surface area contributed by atoms with Crippen LogP contribution < -0.4 is 0 Å². The quantitative estimate of drug-likeness (QED) is 0.679. The van der Waals surface area contributed by atoms with Gasteiger partial charge in [-0.15, -0.1) is 0 Å². The van der Waals surface area contributed by atoms with Crippen molar-refractivity contribution in [2.24, 2.45) is 0 Å². The molecule has 15 heavy (non-hydrogen) atoms. The summed E-state index contributed by atoms with van der Waals surface area (Å²) in [6.07, 6.45) is -0.394. The fourth-order valence-electron chi connectivity index (χ4n) is 1.60. The van der Waals surface area contributed by atoms with E-state index in [4.69, 9.17) is 4.74 Å². The summed E-state index contributed by atoms with van der Waals surface area (Å²) in [5.74, 6) is -0.00990. The van der Waals surface area contributed by atoms with Gasteiger partial charge in [0.1, 0.15) is 6.54 Å². The van der Waals surface area contributed by atoms with Crippen LogP contribution in [0.3, 0.4) is 0 Å². The van der Waals surface area contributed by atoms with E-state index in [1.54, 1.807) is 11.8 Å². The van der Waals surface area contributed by atoms with Crippen molar-refractivity contribution < 1.29 is 14.3 Å². The summed E-state index contributed by atoms with van der Waals surface area (Å²) in [6, 6.07) is 0.196. The SMILES string of the molecule is CCOC(=O)N1CCN(C(C)C)C(=O)C1. The lowest BCUT2D eigenvalue weighted by Gasteiger charge is -2.35. The molecule has 1 aliphatic rings. The topological polar surface area (TPSA) is 49.9 Å². The van der Waals surface area contributed by atoms with Crippen molar-refractivity contribution in [2.45, 2.75) is 26.8 Å². The maximum Gasteiger partial charge on any atom is 0.410 e. The number of carbonyl (C=O) groups excluding carboxylic acids is 2. The third-order valence-corrected chi connectivity index (χ3v) is 2.41. The lowest BCUT2D eigenvalue weighted by atomic mass is 10.2. The van der Waals surface area contributed by atoms with Crippen LogP contribution in [-0.2, 0) is 9.53 Å². The molecule has 0 atom stereocenters. The van der Waals surface area contributed by atoms with E-state index >= 15 is 0 Å². The first-order chi connectivity index (χ1) is 7.06. The van der Waals surface area contributed by atoms with Gasteiger partial charge in [-0.3, -0.25) is 9.69 Å². The zero-order valence-electron chi connectivity index (χ0n) is 9.52. The van der Waals surface area contributed by atoms with Gasteiger partial charge < -0.3 is 9.64 Å². The first-order valence-corrected chi connectivity index (χ1v) is 5.27. The summed E-state index contributed by atoms with van der Waals surface area (Å²) >= 11 is 0. The highest BCUT2D eigenvalue weighted by Gasteiger charge is 2.28. The minimum atomic E-state index is -0.394. The molecule has 1 heterocycles. The molecule has 0 aliphatic carbocycles. The summed E-state index contributed by atoms with van der Waals surface area (Å²) < 4.78 is 4.84. The van der Waals surface area contributed by atoms with Crippen LogP contribution >= 0.6 is 0 Å². The number of rotatable bonds is 2. The molecule has 0 bridgehead atoms. The van der Waals surface area contributed by atoms with Gasteiger partial charge in [-0.2, -0.15) is 0 Å². The molecule has 0 spiro atoms. The molecule has 1 fully saturated rings. The molecule has 0 radical (unpaired) electrons. The minimum absolute atomic E-state index is 0.00990. The number of amides is 2. The maximum absolute atomic E-state index is 11.6. The molecule has 0 aromatic rings. The Kier molecular flexibility index (Phi) is 3.94. The van der Waals surface area contributed by atoms with Gasteiger partial charge in [0.25, 0.3) is 0 Å². The third-order valence-electron chi connectivity index (χ3n) is 2.41. The molecule has 86 valence electrons. The molecule has 1 rings (SSSR count). The van der Waals surface area contributed by atoms with Gasteiger partial charge in [0.15, 0.2) is 0 Å². The van der Waals surface area contributed by atoms with Crippen molar-refractivity contribution in [3.8, 4) is 0 Å². The molecule has 0 saturated carbocycles. The summed E-state index contributed by atoms with van der Waals surface area (Å²) in [7, 11) is 0. The molecule has 1 saturated heterocycles. The zero-order valence-corrected chi connectivity index (χ0v) is 9.52. The number of carbonyl (C=O) groups is 2. The highest BCUT2D eigenvalue weighted by Crippen LogP contribution is 2.08. The monoisotopic (exact) mass is 214 g/mol. The van der Waals surface area contributed by atoms with Crippen molar-refractivity contribution in [1.82, 2.24) is 9.80 Å². The van der Waals surface area contributed by atoms with Gasteiger partial charge >= 0.3 is 6.09 Å². The highest BCUT2D eigenvalue weighted by atomic mass is 16.6. The molecule has 2 amide bonds. The van der Waals surface area contributed by atoms with Crippen molar-refractivity contribution in [3.63, 3.8) is 0 Å². The number of nitrogens with zero attached hydrogens (tertiary/aromatic N) is 2. The van der Waals surface area contributed by atoms with Crippen LogP contribution in [0.15, 0.2) is 0 Å². The fourth-order valence-corrected chi connectivity index (χ4v) is 1.60. The summed E-state index contributed by atoms with van der Waals surface area (Å²) in [5, 5.41) is 0. The second kappa shape index (κ2) is 5.00. The van der Waals surface area contributed by atoms with Crippen LogP contribution in [0.1, 0.15) is 20.8 Å². The molecule has 0 unspecified atom stereocenters. The van der Waals surface area contributed by atoms with E-state index in [0.29, 0.717) is 19.7 Å². The molecule has 1 aliphatic heterocycles. The Balaban J connectivity index is 2.51. The molecule has 0 aromatic carbocycles. The second-order valence-electron chi connectivity index (χ2n) is 3.80. The number of hydrogen-bond donors (Lipinski definition) is 0. The van der Waals surface area contributed by atoms with E-state index in [1.807, 2.05) is 13.8 Å². The van der Waals surface area contributed by atoms with E-state index in [-0.39, 0.29) is 18.5 Å². The molecule has 5 nitrogen and oxygen atoms in total. The van der Waals surface area contributed by atoms with Gasteiger partial charge in [0.2, 0.25) is 5.91 Å². The molecular weight excluding hydrogens is 196 g/mol. The van der Waals surface area contributed by atoms with E-state index in [2.05, 4.69) is 0 Å². The van der Waals surface area contributed by atoms with E-state index in [9.17, 15) is 9.59 Å². The first kappa shape index (κ1) is 11.8. The third kappa shape index (κ3) is 2.84. The van der Waals surface area contributed by atoms with Gasteiger partial charge in [-0.25, -0.2) is 4.79 Å². The Morgan fingerprint density at radius 3 is 2.60 bits per heavy atom. The lowest BCUT2D eigenvalue weighted by Crippen LogP contribution is -2.54. The predicted molar refractivity (Wildman–Crippen MR) is 55.4 cm³/mol. The molecule has 0 aromatic heterocycles. The van der Waals surface area contributed by atoms with Crippen molar-refractivity contribution in [1.29, 1.82) is 0 Å². The standard InChI is InChI=1S/C10H18N2O3/c1-4-15-10(14)11-5-6-12(8(2)3)9(13)7-11/h8H,4-7H2,1-3H3. The second-order valence-corrected chi connectivity index (χ2v) is 3.80. The Bertz CT molecular complexity index is 253. The van der Waals surface area contributed by atoms with Crippen LogP contribution in [0, 0.1) is 0 Å². The van der Waals surface area contributed by atoms with Gasteiger partial charge in [0, 0.05) is 19.1 Å². The van der Waals surface area contributed by atoms with E-state index < -0.39 is 6.09 Å². The van der Waals surface area contributed by atoms with E-state index in [0.717, 1.165) is 0 Å². The van der Waals surface area contributed by atoms with Crippen molar-refractivity contribution >= 4 is 12.0 Å². The summed E-state index contributed by atoms with van der Waals surface area (Å²) in [4.78, 5) is 26.2. The Morgan fingerprint density at radius 2 is 2.13 bits per heavy atom. The van der Waals surface area contributed by atoms with Crippen LogP contribution in [0.4, 0.5) is 4.79 Å². The number of piperazine rings is 1. The predicted octanol–water partition coefficient (Wildman–Crippen LogP) is 0.696. The average molecular weight is 214 g/mol. The normalized spacial score (nSPS) is 17.2. The van der Waals surface area contributed by atoms with Crippen molar-refractivity contribution in [2.75, 3.05) is 26.2 Å². The van der Waals surface area contributed by atoms with Gasteiger partial charge in [-0.05, 0) is 20.8 Å². The smallest absolute Gasteiger partial charge is 0.410 e.